The third-order valence-corrected chi connectivity index (χ3v) is 3.27. The number of ether oxygens (including phenoxy) is 1. The van der Waals surface area contributed by atoms with E-state index in [1.807, 2.05) is 0 Å². The molecule has 1 aliphatic rings. The molecule has 0 radical (unpaired) electrons. The fourth-order valence-corrected chi connectivity index (χ4v) is 2.12. The van der Waals surface area contributed by atoms with Gasteiger partial charge in [-0.15, -0.1) is 0 Å². The molecule has 0 aromatic heterocycles. The van der Waals surface area contributed by atoms with Crippen molar-refractivity contribution in [3.05, 3.63) is 0 Å². The van der Waals surface area contributed by atoms with Crippen LogP contribution in [0.1, 0.15) is 25.7 Å². The molecule has 0 aromatic rings. The summed E-state index contributed by atoms with van der Waals surface area (Å²) < 4.78 is 5.61. The lowest BCUT2D eigenvalue weighted by Crippen LogP contribution is -2.22. The van der Waals surface area contributed by atoms with Crippen LogP contribution in [-0.2, 0) is 4.74 Å². The summed E-state index contributed by atoms with van der Waals surface area (Å²) >= 11 is 6.97. The molecule has 0 atom stereocenters. The molecule has 1 saturated carbocycles. The Morgan fingerprint density at radius 1 is 1.18 bits per heavy atom. The van der Waals surface area contributed by atoms with Gasteiger partial charge >= 0.3 is 0 Å². The van der Waals surface area contributed by atoms with Crippen molar-refractivity contribution in [2.24, 2.45) is 0 Å². The third-order valence-electron chi connectivity index (χ3n) is 2.03. The molecule has 0 heterocycles. The van der Waals surface area contributed by atoms with Crippen LogP contribution in [-0.4, -0.2) is 22.9 Å². The normalized spacial score (nSPS) is 32.2. The molecule has 0 unspecified atom stereocenters. The van der Waals surface area contributed by atoms with Gasteiger partial charge in [0, 0.05) is 10.2 Å². The third kappa shape index (κ3) is 3.90. The van der Waals surface area contributed by atoms with Crippen LogP contribution in [0.2, 0.25) is 0 Å². The highest BCUT2D eigenvalue weighted by Crippen LogP contribution is 2.25. The van der Waals surface area contributed by atoms with Gasteiger partial charge in [-0.3, -0.25) is 0 Å². The van der Waals surface area contributed by atoms with Crippen molar-refractivity contribution in [2.45, 2.75) is 36.6 Å². The Bertz CT molecular complexity index is 97.5. The Kier molecular flexibility index (Phi) is 5.04. The molecule has 1 nitrogen and oxygen atoms in total. The average Bonchev–Trinajstić information content (AvgIpc) is 2.04. The first-order valence-electron chi connectivity index (χ1n) is 4.14. The minimum absolute atomic E-state index is 0.529. The smallest absolute Gasteiger partial charge is 0.0576 e. The molecule has 1 fully saturated rings. The van der Waals surface area contributed by atoms with E-state index in [4.69, 9.17) is 4.74 Å². The second-order valence-corrected chi connectivity index (χ2v) is 5.02. The van der Waals surface area contributed by atoms with E-state index in [-0.39, 0.29) is 0 Å². The van der Waals surface area contributed by atoms with Crippen molar-refractivity contribution in [1.82, 2.24) is 0 Å². The first kappa shape index (κ1) is 10.0. The monoisotopic (exact) mass is 284 g/mol. The van der Waals surface area contributed by atoms with Gasteiger partial charge in [-0.1, -0.05) is 31.9 Å². The Labute approximate surface area is 85.1 Å². The van der Waals surface area contributed by atoms with Crippen LogP contribution < -0.4 is 0 Å². The summed E-state index contributed by atoms with van der Waals surface area (Å²) in [5, 5.41) is 0.960. The van der Waals surface area contributed by atoms with E-state index in [1.54, 1.807) is 0 Å². The van der Waals surface area contributed by atoms with Gasteiger partial charge in [-0.05, 0) is 25.7 Å². The van der Waals surface area contributed by atoms with Gasteiger partial charge in [0.15, 0.2) is 0 Å². The summed E-state index contributed by atoms with van der Waals surface area (Å²) in [6.45, 7) is 0.859. The number of hydrogen-bond acceptors (Lipinski definition) is 1. The van der Waals surface area contributed by atoms with Gasteiger partial charge < -0.3 is 4.74 Å². The highest BCUT2D eigenvalue weighted by Gasteiger charge is 2.18. The van der Waals surface area contributed by atoms with Crippen molar-refractivity contribution >= 4 is 31.9 Å². The molecular formula is C8H14Br2O. The van der Waals surface area contributed by atoms with E-state index in [0.717, 1.165) is 16.8 Å². The van der Waals surface area contributed by atoms with Crippen LogP contribution in [0.3, 0.4) is 0 Å². The maximum atomic E-state index is 5.61. The number of alkyl halides is 2. The fourth-order valence-electron chi connectivity index (χ4n) is 1.40. The van der Waals surface area contributed by atoms with Gasteiger partial charge in [-0.2, -0.15) is 0 Å². The van der Waals surface area contributed by atoms with Crippen LogP contribution >= 0.6 is 31.9 Å². The summed E-state index contributed by atoms with van der Waals surface area (Å²) in [7, 11) is 0. The SMILES string of the molecule is BrCCOC1CCC(Br)CC1. The second-order valence-electron chi connectivity index (χ2n) is 2.93. The Morgan fingerprint density at radius 2 is 1.82 bits per heavy atom. The zero-order valence-electron chi connectivity index (χ0n) is 6.56. The predicted octanol–water partition coefficient (Wildman–Crippen LogP) is 3.10. The minimum Gasteiger partial charge on any atom is -0.377 e. The lowest BCUT2D eigenvalue weighted by Gasteiger charge is -2.24. The first-order chi connectivity index (χ1) is 5.33. The Morgan fingerprint density at radius 3 is 2.36 bits per heavy atom. The zero-order chi connectivity index (χ0) is 8.10. The van der Waals surface area contributed by atoms with E-state index in [2.05, 4.69) is 31.9 Å². The van der Waals surface area contributed by atoms with E-state index >= 15 is 0 Å². The largest absolute Gasteiger partial charge is 0.377 e. The van der Waals surface area contributed by atoms with Gasteiger partial charge in [0.25, 0.3) is 0 Å². The molecule has 11 heavy (non-hydrogen) atoms. The lowest BCUT2D eigenvalue weighted by molar-refractivity contribution is 0.0403. The molecule has 0 amide bonds. The van der Waals surface area contributed by atoms with Crippen LogP contribution in [0.25, 0.3) is 0 Å². The minimum atomic E-state index is 0.529. The van der Waals surface area contributed by atoms with Gasteiger partial charge in [0.2, 0.25) is 0 Å². The standard InChI is InChI=1S/C8H14Br2O/c9-5-6-11-8-3-1-7(10)2-4-8/h7-8H,1-6H2. The quantitative estimate of drug-likeness (QED) is 0.724. The molecule has 0 N–H and O–H groups in total. The van der Waals surface area contributed by atoms with Crippen molar-refractivity contribution in [2.75, 3.05) is 11.9 Å². The van der Waals surface area contributed by atoms with Crippen molar-refractivity contribution < 1.29 is 4.74 Å². The molecule has 0 aromatic carbocycles. The van der Waals surface area contributed by atoms with E-state index < -0.39 is 0 Å². The summed E-state index contributed by atoms with van der Waals surface area (Å²) in [5.74, 6) is 0. The molecule has 0 aliphatic heterocycles. The Hall–Kier alpha value is 0.920. The van der Waals surface area contributed by atoms with Crippen LogP contribution in [0, 0.1) is 0 Å². The zero-order valence-corrected chi connectivity index (χ0v) is 9.73. The maximum absolute atomic E-state index is 5.61. The number of halogens is 2. The summed E-state index contributed by atoms with van der Waals surface area (Å²) in [5.41, 5.74) is 0. The van der Waals surface area contributed by atoms with Crippen molar-refractivity contribution in [3.63, 3.8) is 0 Å². The van der Waals surface area contributed by atoms with Crippen LogP contribution in [0.4, 0.5) is 0 Å². The van der Waals surface area contributed by atoms with Gasteiger partial charge in [0.05, 0.1) is 12.7 Å². The molecule has 1 aliphatic carbocycles. The second kappa shape index (κ2) is 5.55. The van der Waals surface area contributed by atoms with E-state index in [1.165, 1.54) is 25.7 Å². The van der Waals surface area contributed by atoms with E-state index in [9.17, 15) is 0 Å². The fraction of sp³-hybridized carbons (Fsp3) is 1.00. The van der Waals surface area contributed by atoms with Crippen molar-refractivity contribution in [3.8, 4) is 0 Å². The lowest BCUT2D eigenvalue weighted by atomic mass is 9.98. The van der Waals surface area contributed by atoms with Crippen LogP contribution in [0.5, 0.6) is 0 Å². The highest BCUT2D eigenvalue weighted by molar-refractivity contribution is 9.09. The summed E-state index contributed by atoms with van der Waals surface area (Å²) in [6, 6.07) is 0. The first-order valence-corrected chi connectivity index (χ1v) is 6.18. The molecule has 1 rings (SSSR count). The Balaban J connectivity index is 2.07. The number of hydrogen-bond donors (Lipinski definition) is 0. The summed E-state index contributed by atoms with van der Waals surface area (Å²) in [6.07, 6.45) is 5.52. The maximum Gasteiger partial charge on any atom is 0.0576 e. The van der Waals surface area contributed by atoms with E-state index in [0.29, 0.717) is 6.10 Å². The molecular weight excluding hydrogens is 272 g/mol. The highest BCUT2D eigenvalue weighted by atomic mass is 79.9. The average molecular weight is 286 g/mol. The molecule has 0 bridgehead atoms. The molecule has 0 spiro atoms. The predicted molar refractivity (Wildman–Crippen MR) is 54.7 cm³/mol. The molecule has 3 heteroatoms. The topological polar surface area (TPSA) is 9.23 Å². The molecule has 66 valence electrons. The van der Waals surface area contributed by atoms with Crippen molar-refractivity contribution in [1.29, 1.82) is 0 Å². The summed E-state index contributed by atoms with van der Waals surface area (Å²) in [4.78, 5) is 0.742. The number of rotatable bonds is 3. The molecule has 0 saturated heterocycles. The van der Waals surface area contributed by atoms with Crippen LogP contribution in [0.15, 0.2) is 0 Å². The van der Waals surface area contributed by atoms with Gasteiger partial charge in [0.1, 0.15) is 0 Å². The van der Waals surface area contributed by atoms with Gasteiger partial charge in [-0.25, -0.2) is 0 Å².